The van der Waals surface area contributed by atoms with Crippen molar-refractivity contribution in [3.63, 3.8) is 0 Å². The Morgan fingerprint density at radius 3 is 2.83 bits per heavy atom. The Morgan fingerprint density at radius 2 is 2.25 bits per heavy atom. The standard InChI is InChI=1S/C10H21NO/c1-8(12-3)7-9-5-4-6-10(9)11-2/h8-11H,4-7H2,1-3H3. The molecule has 0 aromatic rings. The molecule has 2 heteroatoms. The lowest BCUT2D eigenvalue weighted by molar-refractivity contribution is 0.0917. The molecule has 0 heterocycles. The van der Waals surface area contributed by atoms with Crippen molar-refractivity contribution in [1.29, 1.82) is 0 Å². The summed E-state index contributed by atoms with van der Waals surface area (Å²) in [5.41, 5.74) is 0. The Balaban J connectivity index is 2.30. The van der Waals surface area contributed by atoms with Crippen LogP contribution in [0.3, 0.4) is 0 Å². The molecule has 3 unspecified atom stereocenters. The molecular weight excluding hydrogens is 150 g/mol. The van der Waals surface area contributed by atoms with Crippen molar-refractivity contribution in [1.82, 2.24) is 5.32 Å². The zero-order valence-corrected chi connectivity index (χ0v) is 8.47. The van der Waals surface area contributed by atoms with E-state index in [0.29, 0.717) is 6.10 Å². The Hall–Kier alpha value is -0.0800. The van der Waals surface area contributed by atoms with Gasteiger partial charge in [-0.3, -0.25) is 0 Å². The summed E-state index contributed by atoms with van der Waals surface area (Å²) in [5.74, 6) is 0.838. The minimum atomic E-state index is 0.420. The van der Waals surface area contributed by atoms with E-state index in [1.807, 2.05) is 0 Å². The molecule has 1 aliphatic carbocycles. The number of nitrogens with one attached hydrogen (secondary N) is 1. The monoisotopic (exact) mass is 171 g/mol. The van der Waals surface area contributed by atoms with Crippen molar-refractivity contribution in [2.24, 2.45) is 5.92 Å². The summed E-state index contributed by atoms with van der Waals surface area (Å²) < 4.78 is 5.28. The van der Waals surface area contributed by atoms with Gasteiger partial charge < -0.3 is 10.1 Å². The fourth-order valence-electron chi connectivity index (χ4n) is 2.22. The molecule has 1 rings (SSSR count). The summed E-state index contributed by atoms with van der Waals surface area (Å²) >= 11 is 0. The molecule has 72 valence electrons. The second kappa shape index (κ2) is 4.83. The van der Waals surface area contributed by atoms with Crippen LogP contribution in [0.15, 0.2) is 0 Å². The minimum absolute atomic E-state index is 0.420. The number of methoxy groups -OCH3 is 1. The smallest absolute Gasteiger partial charge is 0.0546 e. The first-order chi connectivity index (χ1) is 5.77. The van der Waals surface area contributed by atoms with Gasteiger partial charge in [-0.25, -0.2) is 0 Å². The van der Waals surface area contributed by atoms with Crippen LogP contribution >= 0.6 is 0 Å². The second-order valence-corrected chi connectivity index (χ2v) is 3.87. The van der Waals surface area contributed by atoms with Gasteiger partial charge in [-0.1, -0.05) is 6.42 Å². The van der Waals surface area contributed by atoms with Crippen LogP contribution in [-0.2, 0) is 4.74 Å². The molecule has 1 saturated carbocycles. The number of ether oxygens (including phenoxy) is 1. The van der Waals surface area contributed by atoms with E-state index in [0.717, 1.165) is 12.0 Å². The van der Waals surface area contributed by atoms with Gasteiger partial charge in [0.1, 0.15) is 0 Å². The van der Waals surface area contributed by atoms with Gasteiger partial charge in [0.25, 0.3) is 0 Å². The SMILES string of the molecule is CNC1CCCC1CC(C)OC. The van der Waals surface area contributed by atoms with E-state index >= 15 is 0 Å². The van der Waals surface area contributed by atoms with Gasteiger partial charge in [-0.05, 0) is 39.2 Å². The van der Waals surface area contributed by atoms with Gasteiger partial charge in [0.2, 0.25) is 0 Å². The highest BCUT2D eigenvalue weighted by Gasteiger charge is 2.26. The van der Waals surface area contributed by atoms with Crippen LogP contribution in [0.2, 0.25) is 0 Å². The summed E-state index contributed by atoms with van der Waals surface area (Å²) in [5, 5.41) is 3.39. The van der Waals surface area contributed by atoms with Gasteiger partial charge >= 0.3 is 0 Å². The number of hydrogen-bond acceptors (Lipinski definition) is 2. The van der Waals surface area contributed by atoms with E-state index in [9.17, 15) is 0 Å². The van der Waals surface area contributed by atoms with Crippen LogP contribution in [-0.4, -0.2) is 26.3 Å². The Bertz CT molecular complexity index is 127. The Morgan fingerprint density at radius 1 is 1.50 bits per heavy atom. The molecule has 0 bridgehead atoms. The predicted molar refractivity (Wildman–Crippen MR) is 51.3 cm³/mol. The lowest BCUT2D eigenvalue weighted by Gasteiger charge is -2.21. The maximum absolute atomic E-state index is 5.28. The highest BCUT2D eigenvalue weighted by atomic mass is 16.5. The van der Waals surface area contributed by atoms with Gasteiger partial charge in [-0.15, -0.1) is 0 Å². The first-order valence-corrected chi connectivity index (χ1v) is 4.98. The average Bonchev–Trinajstić information content (AvgIpc) is 2.51. The van der Waals surface area contributed by atoms with Gasteiger partial charge in [0, 0.05) is 13.2 Å². The van der Waals surface area contributed by atoms with E-state index in [1.54, 1.807) is 7.11 Å². The third-order valence-electron chi connectivity index (χ3n) is 3.07. The highest BCUT2D eigenvalue weighted by Crippen LogP contribution is 2.29. The molecule has 0 radical (unpaired) electrons. The Kier molecular flexibility index (Phi) is 4.02. The second-order valence-electron chi connectivity index (χ2n) is 3.87. The summed E-state index contributed by atoms with van der Waals surface area (Å²) in [7, 11) is 3.87. The van der Waals surface area contributed by atoms with E-state index < -0.39 is 0 Å². The predicted octanol–water partition coefficient (Wildman–Crippen LogP) is 1.80. The van der Waals surface area contributed by atoms with Crippen LogP contribution in [0, 0.1) is 5.92 Å². The van der Waals surface area contributed by atoms with E-state index in [2.05, 4.69) is 19.3 Å². The zero-order chi connectivity index (χ0) is 8.97. The molecule has 1 N–H and O–H groups in total. The van der Waals surface area contributed by atoms with Crippen molar-refractivity contribution < 1.29 is 4.74 Å². The summed E-state index contributed by atoms with van der Waals surface area (Å²) in [6.07, 6.45) is 5.73. The van der Waals surface area contributed by atoms with Crippen LogP contribution in [0.25, 0.3) is 0 Å². The van der Waals surface area contributed by atoms with Gasteiger partial charge in [-0.2, -0.15) is 0 Å². The van der Waals surface area contributed by atoms with E-state index in [-0.39, 0.29) is 0 Å². The van der Waals surface area contributed by atoms with Crippen molar-refractivity contribution >= 4 is 0 Å². The van der Waals surface area contributed by atoms with Crippen molar-refractivity contribution in [2.75, 3.05) is 14.2 Å². The number of hydrogen-bond donors (Lipinski definition) is 1. The average molecular weight is 171 g/mol. The van der Waals surface area contributed by atoms with Crippen molar-refractivity contribution in [2.45, 2.75) is 44.8 Å². The number of rotatable bonds is 4. The quantitative estimate of drug-likeness (QED) is 0.696. The first-order valence-electron chi connectivity index (χ1n) is 4.98. The maximum Gasteiger partial charge on any atom is 0.0546 e. The molecule has 1 aliphatic rings. The molecule has 0 aliphatic heterocycles. The molecule has 1 fully saturated rings. The third-order valence-corrected chi connectivity index (χ3v) is 3.07. The molecule has 0 aromatic carbocycles. The molecule has 0 aromatic heterocycles. The van der Waals surface area contributed by atoms with E-state index in [1.165, 1.54) is 25.7 Å². The lowest BCUT2D eigenvalue weighted by atomic mass is 9.97. The highest BCUT2D eigenvalue weighted by molar-refractivity contribution is 4.83. The minimum Gasteiger partial charge on any atom is -0.382 e. The van der Waals surface area contributed by atoms with E-state index in [4.69, 9.17) is 4.74 Å². The largest absolute Gasteiger partial charge is 0.382 e. The van der Waals surface area contributed by atoms with Crippen LogP contribution in [0.1, 0.15) is 32.6 Å². The van der Waals surface area contributed by atoms with Crippen LogP contribution in [0.5, 0.6) is 0 Å². The van der Waals surface area contributed by atoms with Gasteiger partial charge in [0.15, 0.2) is 0 Å². The normalized spacial score (nSPS) is 32.2. The Labute approximate surface area is 75.7 Å². The lowest BCUT2D eigenvalue weighted by Crippen LogP contribution is -2.30. The van der Waals surface area contributed by atoms with Crippen LogP contribution < -0.4 is 5.32 Å². The molecule has 2 nitrogen and oxygen atoms in total. The fourth-order valence-corrected chi connectivity index (χ4v) is 2.22. The summed E-state index contributed by atoms with van der Waals surface area (Å²) in [4.78, 5) is 0. The van der Waals surface area contributed by atoms with Crippen molar-refractivity contribution in [3.05, 3.63) is 0 Å². The first kappa shape index (κ1) is 10.0. The van der Waals surface area contributed by atoms with Crippen LogP contribution in [0.4, 0.5) is 0 Å². The summed E-state index contributed by atoms with van der Waals surface area (Å²) in [6.45, 7) is 2.16. The molecule has 3 atom stereocenters. The third kappa shape index (κ3) is 2.46. The molecule has 0 saturated heterocycles. The van der Waals surface area contributed by atoms with Crippen molar-refractivity contribution in [3.8, 4) is 0 Å². The zero-order valence-electron chi connectivity index (χ0n) is 8.47. The topological polar surface area (TPSA) is 21.3 Å². The molecule has 12 heavy (non-hydrogen) atoms. The maximum atomic E-state index is 5.28. The van der Waals surface area contributed by atoms with Gasteiger partial charge in [0.05, 0.1) is 6.10 Å². The molecule has 0 amide bonds. The fraction of sp³-hybridized carbons (Fsp3) is 1.00. The molecule has 0 spiro atoms. The summed E-state index contributed by atoms with van der Waals surface area (Å²) in [6, 6.07) is 0.739. The molecular formula is C10H21NO.